The number of anilines is 1. The van der Waals surface area contributed by atoms with E-state index in [2.05, 4.69) is 4.99 Å². The van der Waals surface area contributed by atoms with Gasteiger partial charge in [0.25, 0.3) is 11.6 Å². The number of amides is 1. The number of amidine groups is 1. The van der Waals surface area contributed by atoms with Gasteiger partial charge in [0.05, 0.1) is 10.6 Å². The van der Waals surface area contributed by atoms with Crippen molar-refractivity contribution >= 4 is 29.4 Å². The van der Waals surface area contributed by atoms with Gasteiger partial charge in [-0.15, -0.1) is 0 Å². The van der Waals surface area contributed by atoms with Crippen molar-refractivity contribution < 1.29 is 14.5 Å². The molecule has 29 heavy (non-hydrogen) atoms. The second-order valence-electron chi connectivity index (χ2n) is 6.16. The van der Waals surface area contributed by atoms with Crippen LogP contribution >= 0.6 is 0 Å². The second kappa shape index (κ2) is 7.77. The van der Waals surface area contributed by atoms with Gasteiger partial charge in [0.2, 0.25) is 0 Å². The maximum atomic E-state index is 13.0. The molecule has 0 fully saturated rings. The number of hydrogen-bond acceptors (Lipinski definition) is 5. The van der Waals surface area contributed by atoms with Crippen LogP contribution in [0.1, 0.15) is 5.56 Å². The van der Waals surface area contributed by atoms with E-state index < -0.39 is 4.92 Å². The number of nitro benzene ring substituents is 1. The Bertz CT molecular complexity index is 1110. The molecule has 4 rings (SSSR count). The summed E-state index contributed by atoms with van der Waals surface area (Å²) in [7, 11) is 0. The molecule has 0 bridgehead atoms. The number of carbonyl (C=O) groups is 1. The fraction of sp³-hybridized carbons (Fsp3) is 0. The SMILES string of the molecule is O=C1/C(=C\c2ccccc2)N=C(Oc2ccc([N+](=O)[O-])cc2)N1c1ccccc1. The van der Waals surface area contributed by atoms with E-state index in [0.29, 0.717) is 11.4 Å². The van der Waals surface area contributed by atoms with Crippen molar-refractivity contribution in [2.45, 2.75) is 0 Å². The number of para-hydroxylation sites is 1. The van der Waals surface area contributed by atoms with Gasteiger partial charge in [-0.05, 0) is 35.9 Å². The largest absolute Gasteiger partial charge is 0.425 e. The van der Waals surface area contributed by atoms with Crippen molar-refractivity contribution in [1.29, 1.82) is 0 Å². The van der Waals surface area contributed by atoms with E-state index in [4.69, 9.17) is 4.74 Å². The summed E-state index contributed by atoms with van der Waals surface area (Å²) in [6, 6.07) is 24.1. The Hall–Kier alpha value is -4.26. The standard InChI is InChI=1S/C22H15N3O4/c26-21-20(15-16-7-3-1-4-8-16)23-22(24(21)17-9-5-2-6-10-17)29-19-13-11-18(12-14-19)25(27)28/h1-15H/b20-15+. The monoisotopic (exact) mass is 385 g/mol. The molecular formula is C22H15N3O4. The van der Waals surface area contributed by atoms with Crippen LogP contribution in [0.5, 0.6) is 5.75 Å². The maximum Gasteiger partial charge on any atom is 0.310 e. The van der Waals surface area contributed by atoms with Crippen molar-refractivity contribution in [1.82, 2.24) is 0 Å². The van der Waals surface area contributed by atoms with Crippen LogP contribution < -0.4 is 9.64 Å². The molecule has 0 aromatic heterocycles. The Morgan fingerprint density at radius 2 is 1.52 bits per heavy atom. The number of benzene rings is 3. The molecule has 0 atom stereocenters. The smallest absolute Gasteiger partial charge is 0.310 e. The minimum Gasteiger partial charge on any atom is -0.425 e. The Kier molecular flexibility index (Phi) is 4.86. The quantitative estimate of drug-likeness (QED) is 0.378. The first kappa shape index (κ1) is 18.1. The normalized spacial score (nSPS) is 14.8. The summed E-state index contributed by atoms with van der Waals surface area (Å²) in [6.07, 6.45) is 1.68. The molecule has 0 radical (unpaired) electrons. The number of non-ortho nitro benzene ring substituents is 1. The number of nitrogens with zero attached hydrogens (tertiary/aromatic N) is 3. The van der Waals surface area contributed by atoms with Crippen LogP contribution in [0.4, 0.5) is 11.4 Å². The minimum absolute atomic E-state index is 0.0497. The zero-order valence-corrected chi connectivity index (χ0v) is 15.1. The summed E-state index contributed by atoms with van der Waals surface area (Å²) in [5.74, 6) is 0.0148. The molecule has 1 heterocycles. The average molecular weight is 385 g/mol. The van der Waals surface area contributed by atoms with E-state index in [1.54, 1.807) is 18.2 Å². The highest BCUT2D eigenvalue weighted by Gasteiger charge is 2.33. The molecule has 1 aliphatic rings. The molecule has 7 nitrogen and oxygen atoms in total. The molecule has 0 saturated carbocycles. The molecule has 142 valence electrons. The van der Waals surface area contributed by atoms with Crippen LogP contribution in [0.3, 0.4) is 0 Å². The fourth-order valence-corrected chi connectivity index (χ4v) is 2.82. The van der Waals surface area contributed by atoms with Gasteiger partial charge in [-0.1, -0.05) is 48.5 Å². The van der Waals surface area contributed by atoms with Gasteiger partial charge in [-0.3, -0.25) is 14.9 Å². The van der Waals surface area contributed by atoms with E-state index >= 15 is 0 Å². The van der Waals surface area contributed by atoms with E-state index in [0.717, 1.165) is 5.56 Å². The Morgan fingerprint density at radius 3 is 2.14 bits per heavy atom. The number of carbonyl (C=O) groups excluding carboxylic acids is 1. The molecule has 1 aliphatic heterocycles. The lowest BCUT2D eigenvalue weighted by atomic mass is 10.2. The maximum absolute atomic E-state index is 13.0. The zero-order valence-electron chi connectivity index (χ0n) is 15.1. The Balaban J connectivity index is 1.70. The molecule has 3 aromatic carbocycles. The highest BCUT2D eigenvalue weighted by Crippen LogP contribution is 2.27. The molecule has 0 N–H and O–H groups in total. The summed E-state index contributed by atoms with van der Waals surface area (Å²) < 4.78 is 5.81. The van der Waals surface area contributed by atoms with Gasteiger partial charge in [0, 0.05) is 12.1 Å². The number of rotatable bonds is 4. The predicted octanol–water partition coefficient (Wildman–Crippen LogP) is 4.42. The van der Waals surface area contributed by atoms with Crippen LogP contribution in [0, 0.1) is 10.1 Å². The first-order valence-electron chi connectivity index (χ1n) is 8.79. The lowest BCUT2D eigenvalue weighted by Crippen LogP contribution is -2.35. The highest BCUT2D eigenvalue weighted by atomic mass is 16.6. The van der Waals surface area contributed by atoms with Gasteiger partial charge in [-0.2, -0.15) is 4.99 Å². The number of aliphatic imine (C=N–C) groups is 1. The molecule has 0 unspecified atom stereocenters. The molecule has 1 amide bonds. The molecule has 3 aromatic rings. The van der Waals surface area contributed by atoms with Gasteiger partial charge < -0.3 is 4.74 Å². The molecular weight excluding hydrogens is 370 g/mol. The van der Waals surface area contributed by atoms with Gasteiger partial charge >= 0.3 is 6.02 Å². The van der Waals surface area contributed by atoms with E-state index in [-0.39, 0.29) is 23.3 Å². The zero-order chi connectivity index (χ0) is 20.2. The van der Waals surface area contributed by atoms with Crippen molar-refractivity contribution in [3.05, 3.63) is 106 Å². The minimum atomic E-state index is -0.489. The van der Waals surface area contributed by atoms with Crippen LogP contribution in [0.25, 0.3) is 6.08 Å². The Labute approximate surface area is 166 Å². The third-order valence-electron chi connectivity index (χ3n) is 4.20. The van der Waals surface area contributed by atoms with Gasteiger partial charge in [-0.25, -0.2) is 4.90 Å². The predicted molar refractivity (Wildman–Crippen MR) is 110 cm³/mol. The first-order chi connectivity index (χ1) is 14.1. The summed E-state index contributed by atoms with van der Waals surface area (Å²) in [4.78, 5) is 29.1. The fourth-order valence-electron chi connectivity index (χ4n) is 2.82. The molecule has 0 aliphatic carbocycles. The Morgan fingerprint density at radius 1 is 0.897 bits per heavy atom. The lowest BCUT2D eigenvalue weighted by molar-refractivity contribution is -0.384. The van der Waals surface area contributed by atoms with Crippen molar-refractivity contribution in [3.8, 4) is 5.75 Å². The van der Waals surface area contributed by atoms with Crippen molar-refractivity contribution in [2.24, 2.45) is 4.99 Å². The third-order valence-corrected chi connectivity index (χ3v) is 4.20. The van der Waals surface area contributed by atoms with E-state index in [9.17, 15) is 14.9 Å². The topological polar surface area (TPSA) is 85.0 Å². The highest BCUT2D eigenvalue weighted by molar-refractivity contribution is 6.27. The number of hydrogen-bond donors (Lipinski definition) is 0. The first-order valence-corrected chi connectivity index (χ1v) is 8.79. The molecule has 7 heteroatoms. The average Bonchev–Trinajstić information content (AvgIpc) is 3.04. The van der Waals surface area contributed by atoms with Crippen LogP contribution in [0.2, 0.25) is 0 Å². The van der Waals surface area contributed by atoms with Crippen molar-refractivity contribution in [3.63, 3.8) is 0 Å². The van der Waals surface area contributed by atoms with Gasteiger partial charge in [0.15, 0.2) is 0 Å². The second-order valence-corrected chi connectivity index (χ2v) is 6.16. The van der Waals surface area contributed by atoms with Gasteiger partial charge in [0.1, 0.15) is 11.4 Å². The van der Waals surface area contributed by atoms with Crippen molar-refractivity contribution in [2.75, 3.05) is 4.90 Å². The van der Waals surface area contributed by atoms with Crippen LogP contribution in [-0.2, 0) is 4.79 Å². The molecule has 0 saturated heterocycles. The summed E-state index contributed by atoms with van der Waals surface area (Å²) in [6.45, 7) is 0. The lowest BCUT2D eigenvalue weighted by Gasteiger charge is -2.17. The van der Waals surface area contributed by atoms with Crippen LogP contribution in [0.15, 0.2) is 95.6 Å². The van der Waals surface area contributed by atoms with Crippen LogP contribution in [-0.4, -0.2) is 16.9 Å². The summed E-state index contributed by atoms with van der Waals surface area (Å²) >= 11 is 0. The number of ether oxygens (including phenoxy) is 1. The van der Waals surface area contributed by atoms with E-state index in [1.165, 1.54) is 29.2 Å². The molecule has 0 spiro atoms. The summed E-state index contributed by atoms with van der Waals surface area (Å²) in [5.41, 5.74) is 1.63. The third kappa shape index (κ3) is 3.89. The summed E-state index contributed by atoms with van der Waals surface area (Å²) in [5, 5.41) is 10.8. The number of nitro groups is 1. The van der Waals surface area contributed by atoms with E-state index in [1.807, 2.05) is 48.5 Å².